The van der Waals surface area contributed by atoms with Crippen molar-refractivity contribution in [3.8, 4) is 0 Å². The second kappa shape index (κ2) is 7.72. The Morgan fingerprint density at radius 1 is 1.18 bits per heavy atom. The summed E-state index contributed by atoms with van der Waals surface area (Å²) in [5, 5.41) is 2.95. The Morgan fingerprint density at radius 3 is 2.64 bits per heavy atom. The molecule has 2 heterocycles. The third-order valence-corrected chi connectivity index (χ3v) is 4.24. The van der Waals surface area contributed by atoms with Crippen LogP contribution in [0.15, 0.2) is 24.3 Å². The Kier molecular flexibility index (Phi) is 5.43. The number of amides is 1. The first-order valence-corrected chi connectivity index (χ1v) is 8.10. The first-order valence-electron chi connectivity index (χ1n) is 8.10. The number of nitrogens with zero attached hydrogens (tertiary/aromatic N) is 1. The highest BCUT2D eigenvalue weighted by molar-refractivity contribution is 5.94. The minimum atomic E-state index is -0.0200. The quantitative estimate of drug-likeness (QED) is 0.894. The van der Waals surface area contributed by atoms with Crippen molar-refractivity contribution >= 4 is 5.91 Å². The SMILES string of the molecule is O=C(NC[C@@H]1CCCO1)c1ccc(CN2CCOCC2)cc1. The average Bonchev–Trinajstić information content (AvgIpc) is 3.08. The molecule has 0 spiro atoms. The molecule has 0 unspecified atom stereocenters. The first-order chi connectivity index (χ1) is 10.8. The molecule has 1 aromatic rings. The maximum atomic E-state index is 12.1. The van der Waals surface area contributed by atoms with E-state index in [1.807, 2.05) is 24.3 Å². The summed E-state index contributed by atoms with van der Waals surface area (Å²) in [5.74, 6) is -0.0200. The van der Waals surface area contributed by atoms with Crippen molar-refractivity contribution in [2.45, 2.75) is 25.5 Å². The third kappa shape index (κ3) is 4.29. The van der Waals surface area contributed by atoms with Crippen LogP contribution in [-0.4, -0.2) is 56.4 Å². The largest absolute Gasteiger partial charge is 0.379 e. The molecule has 120 valence electrons. The van der Waals surface area contributed by atoms with Crippen molar-refractivity contribution in [1.29, 1.82) is 0 Å². The Hall–Kier alpha value is -1.43. The lowest BCUT2D eigenvalue weighted by molar-refractivity contribution is 0.0342. The van der Waals surface area contributed by atoms with Crippen LogP contribution in [0.5, 0.6) is 0 Å². The number of nitrogens with one attached hydrogen (secondary N) is 1. The van der Waals surface area contributed by atoms with Gasteiger partial charge in [-0.3, -0.25) is 9.69 Å². The molecule has 1 aromatic carbocycles. The molecule has 1 N–H and O–H groups in total. The van der Waals surface area contributed by atoms with Gasteiger partial charge in [0.15, 0.2) is 0 Å². The molecular formula is C17H24N2O3. The molecule has 2 aliphatic heterocycles. The zero-order valence-electron chi connectivity index (χ0n) is 12.9. The topological polar surface area (TPSA) is 50.8 Å². The summed E-state index contributed by atoms with van der Waals surface area (Å²) in [6.07, 6.45) is 2.32. The maximum Gasteiger partial charge on any atom is 0.251 e. The van der Waals surface area contributed by atoms with Gasteiger partial charge in [-0.1, -0.05) is 12.1 Å². The fraction of sp³-hybridized carbons (Fsp3) is 0.588. The molecule has 0 saturated carbocycles. The van der Waals surface area contributed by atoms with Gasteiger partial charge >= 0.3 is 0 Å². The Bertz CT molecular complexity index is 477. The van der Waals surface area contributed by atoms with Crippen LogP contribution >= 0.6 is 0 Å². The molecule has 22 heavy (non-hydrogen) atoms. The number of hydrogen-bond acceptors (Lipinski definition) is 4. The lowest BCUT2D eigenvalue weighted by Gasteiger charge is -2.26. The normalized spacial score (nSPS) is 22.6. The van der Waals surface area contributed by atoms with Crippen LogP contribution in [0.25, 0.3) is 0 Å². The minimum Gasteiger partial charge on any atom is -0.379 e. The average molecular weight is 304 g/mol. The molecule has 5 nitrogen and oxygen atoms in total. The van der Waals surface area contributed by atoms with Gasteiger partial charge in [0.1, 0.15) is 0 Å². The summed E-state index contributed by atoms with van der Waals surface area (Å²) >= 11 is 0. The summed E-state index contributed by atoms with van der Waals surface area (Å²) in [6, 6.07) is 7.88. The Morgan fingerprint density at radius 2 is 1.95 bits per heavy atom. The monoisotopic (exact) mass is 304 g/mol. The van der Waals surface area contributed by atoms with Gasteiger partial charge in [-0.15, -0.1) is 0 Å². The first kappa shape index (κ1) is 15.5. The zero-order valence-corrected chi connectivity index (χ0v) is 12.9. The van der Waals surface area contributed by atoms with Gasteiger partial charge < -0.3 is 14.8 Å². The van der Waals surface area contributed by atoms with Crippen LogP contribution in [0.1, 0.15) is 28.8 Å². The summed E-state index contributed by atoms with van der Waals surface area (Å²) in [6.45, 7) is 5.91. The number of rotatable bonds is 5. The van der Waals surface area contributed by atoms with Gasteiger partial charge in [-0.05, 0) is 30.5 Å². The fourth-order valence-corrected chi connectivity index (χ4v) is 2.89. The molecule has 1 atom stereocenters. The van der Waals surface area contributed by atoms with Crippen LogP contribution in [0, 0.1) is 0 Å². The van der Waals surface area contributed by atoms with Crippen molar-refractivity contribution in [3.05, 3.63) is 35.4 Å². The second-order valence-electron chi connectivity index (χ2n) is 5.93. The minimum absolute atomic E-state index is 0.0200. The van der Waals surface area contributed by atoms with Crippen molar-refractivity contribution in [2.24, 2.45) is 0 Å². The highest BCUT2D eigenvalue weighted by Crippen LogP contribution is 2.12. The standard InChI is InChI=1S/C17H24N2O3/c20-17(18-12-16-2-1-9-22-16)15-5-3-14(4-6-15)13-19-7-10-21-11-8-19/h3-6,16H,1-2,7-13H2,(H,18,20)/t16-/m0/s1. The van der Waals surface area contributed by atoms with Crippen molar-refractivity contribution < 1.29 is 14.3 Å². The van der Waals surface area contributed by atoms with Crippen LogP contribution in [-0.2, 0) is 16.0 Å². The van der Waals surface area contributed by atoms with E-state index in [1.54, 1.807) is 0 Å². The number of benzene rings is 1. The maximum absolute atomic E-state index is 12.1. The van der Waals surface area contributed by atoms with Gasteiger partial charge in [0.2, 0.25) is 0 Å². The van der Waals surface area contributed by atoms with E-state index in [9.17, 15) is 4.79 Å². The molecule has 2 saturated heterocycles. The van der Waals surface area contributed by atoms with E-state index in [0.29, 0.717) is 12.1 Å². The second-order valence-corrected chi connectivity index (χ2v) is 5.93. The molecule has 2 fully saturated rings. The third-order valence-electron chi connectivity index (χ3n) is 4.24. The summed E-state index contributed by atoms with van der Waals surface area (Å²) in [5.41, 5.74) is 1.95. The summed E-state index contributed by atoms with van der Waals surface area (Å²) in [7, 11) is 0. The molecule has 2 aliphatic rings. The van der Waals surface area contributed by atoms with Gasteiger partial charge in [0, 0.05) is 38.3 Å². The van der Waals surface area contributed by atoms with Gasteiger partial charge in [0.05, 0.1) is 19.3 Å². The lowest BCUT2D eigenvalue weighted by atomic mass is 10.1. The lowest BCUT2D eigenvalue weighted by Crippen LogP contribution is -2.35. The van der Waals surface area contributed by atoms with E-state index in [2.05, 4.69) is 10.2 Å². The summed E-state index contributed by atoms with van der Waals surface area (Å²) in [4.78, 5) is 14.5. The Labute approximate surface area is 131 Å². The van der Waals surface area contributed by atoms with E-state index in [-0.39, 0.29) is 12.0 Å². The molecule has 5 heteroatoms. The number of carbonyl (C=O) groups is 1. The predicted octanol–water partition coefficient (Wildman–Crippen LogP) is 1.43. The fourth-order valence-electron chi connectivity index (χ4n) is 2.89. The molecular weight excluding hydrogens is 280 g/mol. The zero-order chi connectivity index (χ0) is 15.2. The van der Waals surface area contributed by atoms with Crippen molar-refractivity contribution in [3.63, 3.8) is 0 Å². The number of ether oxygens (including phenoxy) is 2. The van der Waals surface area contributed by atoms with Gasteiger partial charge in [0.25, 0.3) is 5.91 Å². The molecule has 0 aromatic heterocycles. The molecule has 0 aliphatic carbocycles. The smallest absolute Gasteiger partial charge is 0.251 e. The van der Waals surface area contributed by atoms with Crippen LogP contribution < -0.4 is 5.32 Å². The molecule has 0 bridgehead atoms. The molecule has 3 rings (SSSR count). The van der Waals surface area contributed by atoms with E-state index in [4.69, 9.17) is 9.47 Å². The van der Waals surface area contributed by atoms with Crippen LogP contribution in [0.4, 0.5) is 0 Å². The van der Waals surface area contributed by atoms with Gasteiger partial charge in [-0.25, -0.2) is 0 Å². The predicted molar refractivity (Wildman–Crippen MR) is 83.8 cm³/mol. The van der Waals surface area contributed by atoms with Crippen molar-refractivity contribution in [2.75, 3.05) is 39.5 Å². The van der Waals surface area contributed by atoms with E-state index < -0.39 is 0 Å². The molecule has 0 radical (unpaired) electrons. The Balaban J connectivity index is 1.48. The van der Waals surface area contributed by atoms with Crippen LogP contribution in [0.3, 0.4) is 0 Å². The van der Waals surface area contributed by atoms with Gasteiger partial charge in [-0.2, -0.15) is 0 Å². The van der Waals surface area contributed by atoms with E-state index >= 15 is 0 Å². The molecule has 1 amide bonds. The number of carbonyl (C=O) groups excluding carboxylic acids is 1. The highest BCUT2D eigenvalue weighted by Gasteiger charge is 2.16. The van der Waals surface area contributed by atoms with E-state index in [0.717, 1.165) is 52.3 Å². The number of hydrogen-bond donors (Lipinski definition) is 1. The van der Waals surface area contributed by atoms with Crippen LogP contribution in [0.2, 0.25) is 0 Å². The summed E-state index contributed by atoms with van der Waals surface area (Å²) < 4.78 is 10.9. The van der Waals surface area contributed by atoms with Crippen molar-refractivity contribution in [1.82, 2.24) is 10.2 Å². The highest BCUT2D eigenvalue weighted by atomic mass is 16.5. The number of morpholine rings is 1. The van der Waals surface area contributed by atoms with E-state index in [1.165, 1.54) is 5.56 Å².